The van der Waals surface area contributed by atoms with Crippen LogP contribution < -0.4 is 5.32 Å². The number of aryl methyl sites for hydroxylation is 1. The molecule has 1 aliphatic carbocycles. The summed E-state index contributed by atoms with van der Waals surface area (Å²) in [5, 5.41) is 6.23. The topological polar surface area (TPSA) is 61.9 Å². The zero-order valence-corrected chi connectivity index (χ0v) is 19.7. The highest BCUT2D eigenvalue weighted by Crippen LogP contribution is 2.39. The van der Waals surface area contributed by atoms with E-state index in [1.807, 2.05) is 0 Å². The molecule has 1 saturated heterocycles. The van der Waals surface area contributed by atoms with Crippen molar-refractivity contribution in [1.29, 1.82) is 0 Å². The predicted molar refractivity (Wildman–Crippen MR) is 132 cm³/mol. The first-order chi connectivity index (χ1) is 16.1. The molecular weight excluding hydrogens is 434 g/mol. The van der Waals surface area contributed by atoms with Gasteiger partial charge in [0.1, 0.15) is 5.00 Å². The van der Waals surface area contributed by atoms with E-state index < -0.39 is 0 Å². The van der Waals surface area contributed by atoms with Crippen molar-refractivity contribution in [2.45, 2.75) is 25.8 Å². The second kappa shape index (κ2) is 9.63. The van der Waals surface area contributed by atoms with Crippen LogP contribution >= 0.6 is 11.3 Å². The number of carbonyl (C=O) groups is 2. The molecule has 2 heterocycles. The summed E-state index contributed by atoms with van der Waals surface area (Å²) in [5.41, 5.74) is 2.97. The Balaban J connectivity index is 1.17. The van der Waals surface area contributed by atoms with Crippen LogP contribution in [0, 0.1) is 0 Å². The lowest BCUT2D eigenvalue weighted by Gasteiger charge is -2.34. The first-order valence-electron chi connectivity index (χ1n) is 11.6. The van der Waals surface area contributed by atoms with Crippen LogP contribution in [0.4, 0.5) is 5.00 Å². The number of fused-ring (bicyclic) bond motifs is 2. The third kappa shape index (κ3) is 4.67. The molecule has 0 bridgehead atoms. The van der Waals surface area contributed by atoms with Gasteiger partial charge in [0.05, 0.1) is 19.2 Å². The molecule has 6 nitrogen and oxygen atoms in total. The van der Waals surface area contributed by atoms with Crippen LogP contribution in [0.25, 0.3) is 10.8 Å². The van der Waals surface area contributed by atoms with Gasteiger partial charge in [0, 0.05) is 37.6 Å². The van der Waals surface area contributed by atoms with Crippen molar-refractivity contribution in [3.63, 3.8) is 0 Å². The first kappa shape index (κ1) is 22.1. The van der Waals surface area contributed by atoms with Gasteiger partial charge in [0.2, 0.25) is 5.91 Å². The van der Waals surface area contributed by atoms with Gasteiger partial charge in [-0.1, -0.05) is 42.5 Å². The molecule has 1 aliphatic heterocycles. The van der Waals surface area contributed by atoms with Crippen molar-refractivity contribution in [3.8, 4) is 0 Å². The molecule has 172 valence electrons. The summed E-state index contributed by atoms with van der Waals surface area (Å²) in [7, 11) is 1.39. The molecule has 1 fully saturated rings. The number of esters is 1. The van der Waals surface area contributed by atoms with Crippen molar-refractivity contribution in [2.24, 2.45) is 0 Å². The van der Waals surface area contributed by atoms with Gasteiger partial charge in [-0.05, 0) is 41.2 Å². The zero-order chi connectivity index (χ0) is 22.8. The summed E-state index contributed by atoms with van der Waals surface area (Å²) >= 11 is 1.53. The van der Waals surface area contributed by atoms with E-state index in [1.54, 1.807) is 0 Å². The largest absolute Gasteiger partial charge is 0.465 e. The zero-order valence-electron chi connectivity index (χ0n) is 18.9. The maximum Gasteiger partial charge on any atom is 0.341 e. The highest BCUT2D eigenvalue weighted by atomic mass is 32.1. The third-order valence-electron chi connectivity index (χ3n) is 6.67. The Kier molecular flexibility index (Phi) is 6.44. The number of piperazine rings is 1. The van der Waals surface area contributed by atoms with E-state index in [2.05, 4.69) is 57.6 Å². The maximum atomic E-state index is 12.8. The lowest BCUT2D eigenvalue weighted by atomic mass is 10.0. The van der Waals surface area contributed by atoms with Crippen molar-refractivity contribution >= 4 is 39.0 Å². The summed E-state index contributed by atoms with van der Waals surface area (Å²) < 4.78 is 4.98. The van der Waals surface area contributed by atoms with E-state index in [0.29, 0.717) is 17.1 Å². The van der Waals surface area contributed by atoms with Crippen molar-refractivity contribution < 1.29 is 14.3 Å². The van der Waals surface area contributed by atoms with Crippen LogP contribution in [0.5, 0.6) is 0 Å². The second-order valence-electron chi connectivity index (χ2n) is 8.79. The molecule has 0 atom stereocenters. The van der Waals surface area contributed by atoms with E-state index in [-0.39, 0.29) is 11.9 Å². The lowest BCUT2D eigenvalue weighted by Crippen LogP contribution is -2.48. The van der Waals surface area contributed by atoms with Crippen LogP contribution in [0.1, 0.15) is 32.8 Å². The molecule has 7 heteroatoms. The normalized spacial score (nSPS) is 16.6. The number of anilines is 1. The van der Waals surface area contributed by atoms with Crippen LogP contribution in [-0.4, -0.2) is 61.5 Å². The molecule has 0 unspecified atom stereocenters. The minimum Gasteiger partial charge on any atom is -0.465 e. The van der Waals surface area contributed by atoms with Crippen molar-refractivity contribution in [2.75, 3.05) is 45.2 Å². The molecule has 2 aromatic carbocycles. The number of nitrogens with zero attached hydrogens (tertiary/aromatic N) is 2. The number of thiophene rings is 1. The SMILES string of the molecule is COC(=O)c1c(NC(=O)CN2CCN(Cc3cccc4ccccc34)CC2)sc2c1CCC2. The van der Waals surface area contributed by atoms with Gasteiger partial charge in [-0.15, -0.1) is 11.3 Å². The summed E-state index contributed by atoms with van der Waals surface area (Å²) in [6.45, 7) is 4.82. The smallest absolute Gasteiger partial charge is 0.341 e. The molecular formula is C26H29N3O3S. The minimum absolute atomic E-state index is 0.0671. The number of nitrogens with one attached hydrogen (secondary N) is 1. The van der Waals surface area contributed by atoms with E-state index in [1.165, 1.54) is 39.7 Å². The molecule has 0 spiro atoms. The Morgan fingerprint density at radius 2 is 1.76 bits per heavy atom. The van der Waals surface area contributed by atoms with E-state index in [4.69, 9.17) is 4.74 Å². The molecule has 33 heavy (non-hydrogen) atoms. The quantitative estimate of drug-likeness (QED) is 0.561. The van der Waals surface area contributed by atoms with E-state index in [9.17, 15) is 9.59 Å². The van der Waals surface area contributed by atoms with Gasteiger partial charge < -0.3 is 10.1 Å². The standard InChI is InChI=1S/C26H29N3O3S/c1-32-26(31)24-21-10-5-11-22(21)33-25(24)27-23(30)17-29-14-12-28(13-15-29)16-19-8-4-7-18-6-2-3-9-20(18)19/h2-4,6-9H,5,10-17H2,1H3,(H,27,30). The Morgan fingerprint density at radius 3 is 2.58 bits per heavy atom. The first-order valence-corrected chi connectivity index (χ1v) is 12.4. The molecule has 2 aliphatic rings. The van der Waals surface area contributed by atoms with Crippen LogP contribution in [0.3, 0.4) is 0 Å². The monoisotopic (exact) mass is 463 g/mol. The number of hydrogen-bond donors (Lipinski definition) is 1. The summed E-state index contributed by atoms with van der Waals surface area (Å²) in [4.78, 5) is 30.9. The number of hydrogen-bond acceptors (Lipinski definition) is 6. The molecule has 1 aromatic heterocycles. The predicted octanol–water partition coefficient (Wildman–Crippen LogP) is 3.93. The molecule has 1 amide bonds. The Hall–Kier alpha value is -2.74. The average Bonchev–Trinajstić information content (AvgIpc) is 3.41. The van der Waals surface area contributed by atoms with E-state index >= 15 is 0 Å². The highest BCUT2D eigenvalue weighted by Gasteiger charge is 2.28. The Labute approximate surface area is 198 Å². The molecule has 0 saturated carbocycles. The number of benzene rings is 2. The van der Waals surface area contributed by atoms with Gasteiger partial charge in [-0.2, -0.15) is 0 Å². The lowest BCUT2D eigenvalue weighted by molar-refractivity contribution is -0.117. The fourth-order valence-corrected chi connectivity index (χ4v) is 6.25. The van der Waals surface area contributed by atoms with Gasteiger partial charge >= 0.3 is 5.97 Å². The minimum atomic E-state index is -0.355. The number of carbonyl (C=O) groups excluding carboxylic acids is 2. The summed E-state index contributed by atoms with van der Waals surface area (Å²) in [5.74, 6) is -0.422. The summed E-state index contributed by atoms with van der Waals surface area (Å²) in [6, 6.07) is 15.0. The highest BCUT2D eigenvalue weighted by molar-refractivity contribution is 7.17. The number of rotatable bonds is 6. The van der Waals surface area contributed by atoms with Crippen LogP contribution in [0.2, 0.25) is 0 Å². The van der Waals surface area contributed by atoms with Crippen molar-refractivity contribution in [3.05, 3.63) is 64.0 Å². The molecule has 5 rings (SSSR count). The van der Waals surface area contributed by atoms with Gasteiger partial charge in [0.25, 0.3) is 0 Å². The van der Waals surface area contributed by atoms with E-state index in [0.717, 1.165) is 57.5 Å². The number of methoxy groups -OCH3 is 1. The van der Waals surface area contributed by atoms with Crippen LogP contribution in [-0.2, 0) is 28.9 Å². The average molecular weight is 464 g/mol. The molecule has 0 radical (unpaired) electrons. The van der Waals surface area contributed by atoms with Crippen molar-refractivity contribution in [1.82, 2.24) is 9.80 Å². The molecule has 1 N–H and O–H groups in total. The second-order valence-corrected chi connectivity index (χ2v) is 9.90. The fourth-order valence-electron chi connectivity index (χ4n) is 4.96. The maximum absolute atomic E-state index is 12.8. The Morgan fingerprint density at radius 1 is 1.00 bits per heavy atom. The van der Waals surface area contributed by atoms with Gasteiger partial charge in [0.15, 0.2) is 0 Å². The van der Waals surface area contributed by atoms with Gasteiger partial charge in [-0.25, -0.2) is 4.79 Å². The Bertz CT molecular complexity index is 1180. The van der Waals surface area contributed by atoms with Gasteiger partial charge in [-0.3, -0.25) is 14.6 Å². The molecule has 3 aromatic rings. The number of ether oxygens (including phenoxy) is 1. The third-order valence-corrected chi connectivity index (χ3v) is 7.88. The van der Waals surface area contributed by atoms with Crippen LogP contribution in [0.15, 0.2) is 42.5 Å². The summed E-state index contributed by atoms with van der Waals surface area (Å²) in [6.07, 6.45) is 2.91. The fraction of sp³-hybridized carbons (Fsp3) is 0.385. The number of amides is 1.